The molecule has 0 fully saturated rings. The number of hydrogen-bond donors (Lipinski definition) is 0. The number of thioether (sulfide) groups is 1. The topological polar surface area (TPSA) is 64.2 Å². The lowest BCUT2D eigenvalue weighted by molar-refractivity contribution is -0.129. The molecule has 8 heteroatoms. The highest BCUT2D eigenvalue weighted by Crippen LogP contribution is 2.25. The summed E-state index contributed by atoms with van der Waals surface area (Å²) in [6, 6.07) is 9.29. The molecule has 0 N–H and O–H groups in total. The number of aromatic nitrogens is 3. The van der Waals surface area contributed by atoms with Crippen LogP contribution in [0.3, 0.4) is 0 Å². The van der Waals surface area contributed by atoms with E-state index in [2.05, 4.69) is 10.2 Å². The van der Waals surface area contributed by atoms with Crippen LogP contribution in [-0.2, 0) is 4.79 Å². The maximum Gasteiger partial charge on any atom is 0.233 e. The van der Waals surface area contributed by atoms with Gasteiger partial charge in [-0.1, -0.05) is 29.4 Å². The number of carbonyl (C=O) groups is 1. The van der Waals surface area contributed by atoms with Crippen molar-refractivity contribution in [3.05, 3.63) is 59.3 Å². The maximum atomic E-state index is 12.5. The Kier molecular flexibility index (Phi) is 5.68. The number of hydrogen-bond acceptors (Lipinski definition) is 5. The third-order valence-electron chi connectivity index (χ3n) is 4.20. The van der Waals surface area contributed by atoms with Gasteiger partial charge in [0.25, 0.3) is 0 Å². The average Bonchev–Trinajstić information content (AvgIpc) is 3.32. The molecule has 1 amide bonds. The zero-order valence-electron chi connectivity index (χ0n) is 14.7. The first-order valence-corrected chi connectivity index (χ1v) is 9.42. The van der Waals surface area contributed by atoms with Crippen LogP contribution < -0.4 is 0 Å². The summed E-state index contributed by atoms with van der Waals surface area (Å²) >= 11 is 7.54. The van der Waals surface area contributed by atoms with E-state index in [4.69, 9.17) is 16.0 Å². The Labute approximate surface area is 161 Å². The lowest BCUT2D eigenvalue weighted by Crippen LogP contribution is -2.30. The first-order chi connectivity index (χ1) is 12.5. The van der Waals surface area contributed by atoms with Crippen molar-refractivity contribution in [2.45, 2.75) is 25.0 Å². The van der Waals surface area contributed by atoms with Crippen LogP contribution in [0.2, 0.25) is 5.02 Å². The number of rotatable bonds is 6. The van der Waals surface area contributed by atoms with Gasteiger partial charge in [0.15, 0.2) is 5.16 Å². The van der Waals surface area contributed by atoms with Crippen LogP contribution in [0.15, 0.2) is 52.5 Å². The molecule has 0 spiro atoms. The van der Waals surface area contributed by atoms with Gasteiger partial charge in [-0.25, -0.2) is 0 Å². The molecule has 0 aliphatic rings. The van der Waals surface area contributed by atoms with Crippen LogP contribution in [0.4, 0.5) is 0 Å². The van der Waals surface area contributed by atoms with Crippen molar-refractivity contribution in [2.75, 3.05) is 12.8 Å². The van der Waals surface area contributed by atoms with Crippen molar-refractivity contribution in [1.82, 2.24) is 19.7 Å². The number of benzene rings is 1. The minimum Gasteiger partial charge on any atom is -0.467 e. The Morgan fingerprint density at radius 1 is 1.42 bits per heavy atom. The third kappa shape index (κ3) is 3.94. The number of halogens is 1. The predicted octanol–water partition coefficient (Wildman–Crippen LogP) is 4.13. The van der Waals surface area contributed by atoms with E-state index in [-0.39, 0.29) is 17.7 Å². The van der Waals surface area contributed by atoms with Gasteiger partial charge in [0.1, 0.15) is 12.1 Å². The molecule has 1 atom stereocenters. The fraction of sp³-hybridized carbons (Fsp3) is 0.278. The summed E-state index contributed by atoms with van der Waals surface area (Å²) in [6.45, 7) is 3.88. The Bertz CT molecular complexity index is 894. The molecule has 0 saturated carbocycles. The molecule has 3 aromatic rings. The Balaban J connectivity index is 1.68. The molecule has 1 aromatic carbocycles. The number of carbonyl (C=O) groups excluding carboxylic acids is 1. The largest absolute Gasteiger partial charge is 0.467 e. The first-order valence-electron chi connectivity index (χ1n) is 8.05. The second kappa shape index (κ2) is 7.97. The number of aryl methyl sites for hydroxylation is 1. The summed E-state index contributed by atoms with van der Waals surface area (Å²) in [7, 11) is 1.76. The fourth-order valence-electron chi connectivity index (χ4n) is 2.40. The average molecular weight is 391 g/mol. The Morgan fingerprint density at radius 3 is 2.92 bits per heavy atom. The van der Waals surface area contributed by atoms with Crippen molar-refractivity contribution in [1.29, 1.82) is 0 Å². The molecule has 6 nitrogen and oxygen atoms in total. The molecule has 3 rings (SSSR count). The Hall–Kier alpha value is -2.25. The predicted molar refractivity (Wildman–Crippen MR) is 102 cm³/mol. The van der Waals surface area contributed by atoms with E-state index < -0.39 is 0 Å². The summed E-state index contributed by atoms with van der Waals surface area (Å²) in [4.78, 5) is 14.2. The van der Waals surface area contributed by atoms with Gasteiger partial charge >= 0.3 is 0 Å². The number of furan rings is 1. The van der Waals surface area contributed by atoms with Gasteiger partial charge in [0.05, 0.1) is 23.7 Å². The molecule has 0 radical (unpaired) electrons. The molecule has 0 aliphatic heterocycles. The molecule has 0 bridgehead atoms. The van der Waals surface area contributed by atoms with Crippen molar-refractivity contribution in [3.8, 4) is 5.69 Å². The van der Waals surface area contributed by atoms with Crippen molar-refractivity contribution < 1.29 is 9.21 Å². The van der Waals surface area contributed by atoms with Crippen LogP contribution in [0.1, 0.15) is 24.3 Å². The summed E-state index contributed by atoms with van der Waals surface area (Å²) in [5, 5.41) is 9.39. The summed E-state index contributed by atoms with van der Waals surface area (Å²) in [6.07, 6.45) is 3.22. The van der Waals surface area contributed by atoms with Gasteiger partial charge in [-0.2, -0.15) is 0 Å². The minimum absolute atomic E-state index is 0.0182. The quantitative estimate of drug-likeness (QED) is 0.592. The van der Waals surface area contributed by atoms with E-state index in [9.17, 15) is 4.79 Å². The van der Waals surface area contributed by atoms with Gasteiger partial charge in [-0.3, -0.25) is 9.36 Å². The van der Waals surface area contributed by atoms with Gasteiger partial charge in [0.2, 0.25) is 5.91 Å². The van der Waals surface area contributed by atoms with E-state index >= 15 is 0 Å². The number of nitrogens with zero attached hydrogens (tertiary/aromatic N) is 4. The smallest absolute Gasteiger partial charge is 0.233 e. The van der Waals surface area contributed by atoms with Crippen LogP contribution in [-0.4, -0.2) is 38.4 Å². The third-order valence-corrected chi connectivity index (χ3v) is 5.54. The highest BCUT2D eigenvalue weighted by molar-refractivity contribution is 7.99. The lowest BCUT2D eigenvalue weighted by Gasteiger charge is -2.23. The minimum atomic E-state index is -0.133. The summed E-state index contributed by atoms with van der Waals surface area (Å²) < 4.78 is 7.19. The van der Waals surface area contributed by atoms with Crippen molar-refractivity contribution in [3.63, 3.8) is 0 Å². The SMILES string of the molecule is Cc1ccc(-n2cnnc2SCC(=O)N(C)C(C)c2ccco2)cc1Cl. The molecular weight excluding hydrogens is 372 g/mol. The molecule has 2 heterocycles. The van der Waals surface area contributed by atoms with Crippen LogP contribution in [0.5, 0.6) is 0 Å². The standard InChI is InChI=1S/C18H19ClN4O2S/c1-12-6-7-14(9-15(12)19)23-11-20-21-18(23)26-10-17(24)22(3)13(2)16-5-4-8-25-16/h4-9,11,13H,10H2,1-3H3. The fourth-order valence-corrected chi connectivity index (χ4v) is 3.42. The van der Waals surface area contributed by atoms with Crippen molar-refractivity contribution in [2.24, 2.45) is 0 Å². The van der Waals surface area contributed by atoms with Gasteiger partial charge in [0, 0.05) is 12.1 Å². The highest BCUT2D eigenvalue weighted by atomic mass is 35.5. The first kappa shape index (κ1) is 18.5. The van der Waals surface area contributed by atoms with E-state index in [0.717, 1.165) is 17.0 Å². The van der Waals surface area contributed by atoms with E-state index in [1.54, 1.807) is 24.5 Å². The second-order valence-corrected chi connectivity index (χ2v) is 7.25. The number of amides is 1. The molecule has 26 heavy (non-hydrogen) atoms. The molecule has 2 aromatic heterocycles. The highest BCUT2D eigenvalue weighted by Gasteiger charge is 2.20. The second-order valence-electron chi connectivity index (χ2n) is 5.90. The molecular formula is C18H19ClN4O2S. The van der Waals surface area contributed by atoms with Crippen LogP contribution in [0.25, 0.3) is 5.69 Å². The lowest BCUT2D eigenvalue weighted by atomic mass is 10.2. The van der Waals surface area contributed by atoms with Crippen molar-refractivity contribution >= 4 is 29.3 Å². The zero-order valence-corrected chi connectivity index (χ0v) is 16.3. The van der Waals surface area contributed by atoms with Gasteiger partial charge < -0.3 is 9.32 Å². The van der Waals surface area contributed by atoms with E-state index in [0.29, 0.717) is 10.2 Å². The molecule has 136 valence electrons. The normalized spacial score (nSPS) is 12.2. The maximum absolute atomic E-state index is 12.5. The van der Waals surface area contributed by atoms with E-state index in [1.807, 2.05) is 48.7 Å². The monoisotopic (exact) mass is 390 g/mol. The van der Waals surface area contributed by atoms with Gasteiger partial charge in [-0.15, -0.1) is 10.2 Å². The van der Waals surface area contributed by atoms with Gasteiger partial charge in [-0.05, 0) is 43.7 Å². The summed E-state index contributed by atoms with van der Waals surface area (Å²) in [5.41, 5.74) is 1.86. The molecule has 1 unspecified atom stereocenters. The van der Waals surface area contributed by atoms with E-state index in [1.165, 1.54) is 11.8 Å². The Morgan fingerprint density at radius 2 is 2.23 bits per heavy atom. The van der Waals surface area contributed by atoms with Crippen LogP contribution >= 0.6 is 23.4 Å². The molecule has 0 aliphatic carbocycles. The zero-order chi connectivity index (χ0) is 18.7. The summed E-state index contributed by atoms with van der Waals surface area (Å²) in [5.74, 6) is 0.985. The molecule has 0 saturated heterocycles. The van der Waals surface area contributed by atoms with Crippen LogP contribution in [0, 0.1) is 6.92 Å².